The van der Waals surface area contributed by atoms with Gasteiger partial charge in [0.2, 0.25) is 0 Å². The van der Waals surface area contributed by atoms with Gasteiger partial charge in [0.15, 0.2) is 0 Å². The lowest BCUT2D eigenvalue weighted by molar-refractivity contribution is 0.0626. The molecule has 4 nitrogen and oxygen atoms in total. The highest BCUT2D eigenvalue weighted by Crippen LogP contribution is 2.37. The van der Waals surface area contributed by atoms with E-state index in [1.165, 1.54) is 0 Å². The maximum absolute atomic E-state index is 10.1. The van der Waals surface area contributed by atoms with Crippen LogP contribution in [0.5, 0.6) is 0 Å². The second-order valence-electron chi connectivity index (χ2n) is 9.58. The molecule has 0 spiro atoms. The van der Waals surface area contributed by atoms with E-state index < -0.39 is 12.2 Å². The van der Waals surface area contributed by atoms with Crippen LogP contribution in [0.4, 0.5) is 0 Å². The van der Waals surface area contributed by atoms with Crippen molar-refractivity contribution in [1.29, 1.82) is 0 Å². The molecule has 2 aromatic heterocycles. The molecule has 2 heterocycles. The zero-order valence-corrected chi connectivity index (χ0v) is 20.0. The summed E-state index contributed by atoms with van der Waals surface area (Å²) >= 11 is 3.14. The first kappa shape index (κ1) is 22.8. The van der Waals surface area contributed by atoms with Crippen LogP contribution in [-0.4, -0.2) is 20.2 Å². The molecule has 160 valence electrons. The number of rotatable bonds is 2. The van der Waals surface area contributed by atoms with Gasteiger partial charge in [-0.25, -0.2) is 9.97 Å². The van der Waals surface area contributed by atoms with Crippen molar-refractivity contribution in [2.24, 2.45) is 10.8 Å². The van der Waals surface area contributed by atoms with Gasteiger partial charge in [-0.1, -0.05) is 65.8 Å². The van der Waals surface area contributed by atoms with Crippen LogP contribution in [0.3, 0.4) is 0 Å². The molecule has 0 bridgehead atoms. The minimum atomic E-state index is -0.491. The Labute approximate surface area is 186 Å². The summed E-state index contributed by atoms with van der Waals surface area (Å²) in [6.07, 6.45) is -0.982. The van der Waals surface area contributed by atoms with Crippen molar-refractivity contribution in [3.05, 3.63) is 58.5 Å². The lowest BCUT2D eigenvalue weighted by Crippen LogP contribution is -2.17. The second-order valence-corrected chi connectivity index (χ2v) is 11.7. The Morgan fingerprint density at radius 3 is 1.27 bits per heavy atom. The molecule has 2 aromatic carbocycles. The quantitative estimate of drug-likeness (QED) is 0.360. The fourth-order valence-electron chi connectivity index (χ4n) is 2.75. The summed E-state index contributed by atoms with van der Waals surface area (Å²) in [5.41, 5.74) is 1.63. The Kier molecular flexibility index (Phi) is 6.63. The molecule has 0 fully saturated rings. The molecule has 0 unspecified atom stereocenters. The van der Waals surface area contributed by atoms with Crippen LogP contribution < -0.4 is 0 Å². The van der Waals surface area contributed by atoms with Crippen molar-refractivity contribution in [3.8, 4) is 0 Å². The zero-order chi connectivity index (χ0) is 22.1. The summed E-state index contributed by atoms with van der Waals surface area (Å²) in [6.45, 7) is 12.1. The third-order valence-corrected chi connectivity index (χ3v) is 6.91. The third-order valence-electron chi connectivity index (χ3n) is 4.73. The largest absolute Gasteiger partial charge is 0.385 e. The van der Waals surface area contributed by atoms with Crippen LogP contribution >= 0.6 is 22.7 Å². The Hall–Kier alpha value is -1.86. The zero-order valence-electron chi connectivity index (χ0n) is 18.4. The molecular weight excluding hydrogens is 412 g/mol. The van der Waals surface area contributed by atoms with E-state index in [2.05, 4.69) is 9.97 Å². The predicted octanol–water partition coefficient (Wildman–Crippen LogP) is 6.75. The highest BCUT2D eigenvalue weighted by molar-refractivity contribution is 7.19. The van der Waals surface area contributed by atoms with E-state index in [9.17, 15) is 10.2 Å². The van der Waals surface area contributed by atoms with Crippen molar-refractivity contribution in [1.82, 2.24) is 9.97 Å². The summed E-state index contributed by atoms with van der Waals surface area (Å²) < 4.78 is 2.27. The number of aliphatic hydroxyl groups excluding tert-OH is 2. The van der Waals surface area contributed by atoms with Crippen LogP contribution in [0.25, 0.3) is 20.4 Å². The first-order chi connectivity index (χ1) is 14.0. The maximum Gasteiger partial charge on any atom is 0.123 e. The third kappa shape index (κ3) is 5.24. The predicted molar refractivity (Wildman–Crippen MR) is 128 cm³/mol. The fourth-order valence-corrected chi connectivity index (χ4v) is 5.15. The van der Waals surface area contributed by atoms with Crippen molar-refractivity contribution in [2.75, 3.05) is 0 Å². The summed E-state index contributed by atoms with van der Waals surface area (Å²) in [5.74, 6) is 0. The summed E-state index contributed by atoms with van der Waals surface area (Å²) in [5, 5.41) is 21.8. The van der Waals surface area contributed by atoms with E-state index in [0.717, 1.165) is 30.4 Å². The van der Waals surface area contributed by atoms with Gasteiger partial charge >= 0.3 is 0 Å². The maximum atomic E-state index is 10.1. The van der Waals surface area contributed by atoms with E-state index in [1.54, 1.807) is 22.7 Å². The fraction of sp³-hybridized carbons (Fsp3) is 0.417. The standard InChI is InChI=1S/2C12H15NOS/c2*1-12(2,3)10(14)11-13-8-6-4-5-7-9(8)15-11/h2*4-7,10,14H,1-3H3/t2*10-/m10/s1. The minimum Gasteiger partial charge on any atom is -0.385 e. The number of nitrogens with zero attached hydrogens (tertiary/aromatic N) is 2. The highest BCUT2D eigenvalue weighted by atomic mass is 32.1. The number of thiazole rings is 2. The van der Waals surface area contributed by atoms with Gasteiger partial charge in [0, 0.05) is 0 Å². The number of fused-ring (bicyclic) bond motifs is 2. The topological polar surface area (TPSA) is 66.2 Å². The minimum absolute atomic E-state index is 0.159. The first-order valence-corrected chi connectivity index (χ1v) is 11.7. The van der Waals surface area contributed by atoms with Crippen LogP contribution in [-0.2, 0) is 0 Å². The van der Waals surface area contributed by atoms with E-state index in [4.69, 9.17) is 0 Å². The molecule has 2 atom stereocenters. The Morgan fingerprint density at radius 2 is 0.967 bits per heavy atom. The van der Waals surface area contributed by atoms with Gasteiger partial charge in [0.25, 0.3) is 0 Å². The van der Waals surface area contributed by atoms with E-state index in [1.807, 2.05) is 90.1 Å². The monoisotopic (exact) mass is 442 g/mol. The molecule has 0 aliphatic heterocycles. The second kappa shape index (κ2) is 8.71. The smallest absolute Gasteiger partial charge is 0.123 e. The Morgan fingerprint density at radius 1 is 0.633 bits per heavy atom. The molecule has 0 aliphatic carbocycles. The van der Waals surface area contributed by atoms with Crippen LogP contribution in [0.2, 0.25) is 0 Å². The number of benzene rings is 2. The number of hydrogen-bond donors (Lipinski definition) is 2. The van der Waals surface area contributed by atoms with Gasteiger partial charge < -0.3 is 10.2 Å². The molecule has 6 heteroatoms. The lowest BCUT2D eigenvalue weighted by atomic mass is 9.90. The van der Waals surface area contributed by atoms with Crippen molar-refractivity contribution in [2.45, 2.75) is 53.8 Å². The molecule has 30 heavy (non-hydrogen) atoms. The van der Waals surface area contributed by atoms with Gasteiger partial charge in [0.1, 0.15) is 22.2 Å². The van der Waals surface area contributed by atoms with Gasteiger partial charge in [0.05, 0.1) is 20.4 Å². The van der Waals surface area contributed by atoms with Crippen LogP contribution in [0, 0.1) is 10.8 Å². The molecule has 0 saturated heterocycles. The van der Waals surface area contributed by atoms with Crippen molar-refractivity contribution in [3.63, 3.8) is 0 Å². The molecular formula is C24H30N2O2S2. The number of hydrogen-bond acceptors (Lipinski definition) is 6. The van der Waals surface area contributed by atoms with Gasteiger partial charge in [-0.2, -0.15) is 0 Å². The molecule has 4 aromatic rings. The molecule has 2 N–H and O–H groups in total. The van der Waals surface area contributed by atoms with Crippen molar-refractivity contribution >= 4 is 43.1 Å². The Bertz CT molecular complexity index is 963. The van der Waals surface area contributed by atoms with Gasteiger partial charge in [-0.05, 0) is 35.1 Å². The highest BCUT2D eigenvalue weighted by Gasteiger charge is 2.27. The van der Waals surface area contributed by atoms with Crippen LogP contribution in [0.1, 0.15) is 63.8 Å². The normalized spacial score (nSPS) is 14.4. The number of aliphatic hydroxyl groups is 2. The molecule has 0 radical (unpaired) electrons. The molecule has 4 rings (SSSR count). The molecule has 0 saturated carbocycles. The van der Waals surface area contributed by atoms with Gasteiger partial charge in [-0.3, -0.25) is 0 Å². The van der Waals surface area contributed by atoms with E-state index in [-0.39, 0.29) is 10.8 Å². The number of aromatic nitrogens is 2. The average molecular weight is 443 g/mol. The lowest BCUT2D eigenvalue weighted by Gasteiger charge is -2.23. The van der Waals surface area contributed by atoms with E-state index >= 15 is 0 Å². The first-order valence-electron chi connectivity index (χ1n) is 10.0. The summed E-state index contributed by atoms with van der Waals surface area (Å²) in [6, 6.07) is 15.9. The summed E-state index contributed by atoms with van der Waals surface area (Å²) in [7, 11) is 0. The molecule has 0 amide bonds. The van der Waals surface area contributed by atoms with Crippen molar-refractivity contribution < 1.29 is 10.2 Å². The molecule has 0 aliphatic rings. The van der Waals surface area contributed by atoms with E-state index in [0.29, 0.717) is 0 Å². The SMILES string of the molecule is CC(C)(C)[C@@H](O)c1nc2ccccc2s1.CC(C)(C)[C@H](O)c1nc2ccccc2s1. The van der Waals surface area contributed by atoms with Crippen LogP contribution in [0.15, 0.2) is 48.5 Å². The van der Waals surface area contributed by atoms with Gasteiger partial charge in [-0.15, -0.1) is 22.7 Å². The summed E-state index contributed by atoms with van der Waals surface area (Å²) in [4.78, 5) is 8.90. The number of para-hydroxylation sites is 2. The Balaban J connectivity index is 0.000000171. The average Bonchev–Trinajstić information content (AvgIpc) is 3.29.